The van der Waals surface area contributed by atoms with E-state index in [1.165, 1.54) is 0 Å². The number of ether oxygens (including phenoxy) is 1. The molecule has 0 aromatic heterocycles. The zero-order valence-electron chi connectivity index (χ0n) is 9.39. The van der Waals surface area contributed by atoms with Crippen molar-refractivity contribution in [3.63, 3.8) is 0 Å². The lowest BCUT2D eigenvalue weighted by molar-refractivity contribution is -0.157. The molecule has 0 amide bonds. The summed E-state index contributed by atoms with van der Waals surface area (Å²) in [5.74, 6) is -2.13. The van der Waals surface area contributed by atoms with Crippen LogP contribution in [0.5, 0.6) is 0 Å². The zero-order valence-corrected chi connectivity index (χ0v) is 9.39. The van der Waals surface area contributed by atoms with Crippen LogP contribution in [0.15, 0.2) is 12.2 Å². The Bertz CT molecular complexity index is 247. The third-order valence-electron chi connectivity index (χ3n) is 1.85. The maximum Gasteiger partial charge on any atom is 0.335 e. The summed E-state index contributed by atoms with van der Waals surface area (Å²) < 4.78 is 4.65. The lowest BCUT2D eigenvalue weighted by Crippen LogP contribution is -2.25. The molecule has 0 aliphatic heterocycles. The van der Waals surface area contributed by atoms with Gasteiger partial charge in [0.15, 0.2) is 6.10 Å². The Morgan fingerprint density at radius 1 is 1.38 bits per heavy atom. The molecule has 1 unspecified atom stereocenters. The molecule has 0 aliphatic carbocycles. The van der Waals surface area contributed by atoms with Gasteiger partial charge in [-0.15, -0.1) is 0 Å². The molecule has 0 saturated carbocycles. The van der Waals surface area contributed by atoms with Gasteiger partial charge in [-0.05, 0) is 6.42 Å². The van der Waals surface area contributed by atoms with Crippen LogP contribution in [-0.4, -0.2) is 34.9 Å². The van der Waals surface area contributed by atoms with Gasteiger partial charge in [0, 0.05) is 0 Å². The molecule has 1 atom stereocenters. The smallest absolute Gasteiger partial charge is 0.335 e. The van der Waals surface area contributed by atoms with Crippen molar-refractivity contribution < 1.29 is 24.5 Å². The number of carboxylic acids is 1. The molecule has 0 bridgehead atoms. The molecule has 0 aromatic carbocycles. The summed E-state index contributed by atoms with van der Waals surface area (Å²) in [7, 11) is 0. The summed E-state index contributed by atoms with van der Waals surface area (Å²) in [5, 5.41) is 17.4. The second kappa shape index (κ2) is 8.91. The Hall–Kier alpha value is -1.36. The van der Waals surface area contributed by atoms with Crippen LogP contribution in [-0.2, 0) is 14.3 Å². The number of aliphatic carboxylic acids is 1. The van der Waals surface area contributed by atoms with Gasteiger partial charge >= 0.3 is 11.9 Å². The van der Waals surface area contributed by atoms with Crippen molar-refractivity contribution in [2.24, 2.45) is 0 Å². The van der Waals surface area contributed by atoms with E-state index in [-0.39, 0.29) is 6.61 Å². The van der Waals surface area contributed by atoms with Gasteiger partial charge < -0.3 is 14.9 Å². The number of esters is 1. The molecule has 92 valence electrons. The van der Waals surface area contributed by atoms with Crippen molar-refractivity contribution in [3.05, 3.63) is 12.2 Å². The Balaban J connectivity index is 3.64. The van der Waals surface area contributed by atoms with Crippen LogP contribution < -0.4 is 0 Å². The molecule has 0 heterocycles. The first kappa shape index (κ1) is 14.6. The van der Waals surface area contributed by atoms with Gasteiger partial charge in [0.25, 0.3) is 0 Å². The first-order valence-electron chi connectivity index (χ1n) is 5.29. The molecule has 16 heavy (non-hydrogen) atoms. The van der Waals surface area contributed by atoms with Crippen LogP contribution in [0.3, 0.4) is 0 Å². The summed E-state index contributed by atoms with van der Waals surface area (Å²) >= 11 is 0. The number of hydrogen-bond donors (Lipinski definition) is 2. The number of rotatable bonds is 8. The number of aliphatic hydroxyl groups is 1. The number of allylic oxidation sites excluding steroid dienone is 1. The predicted octanol–water partition coefficient (Wildman–Crippen LogP) is 1.11. The molecular weight excluding hydrogens is 212 g/mol. The summed E-state index contributed by atoms with van der Waals surface area (Å²) in [6, 6.07) is 0. The number of carbonyl (C=O) groups is 2. The van der Waals surface area contributed by atoms with Gasteiger partial charge in [-0.3, -0.25) is 4.79 Å². The Morgan fingerprint density at radius 3 is 2.62 bits per heavy atom. The van der Waals surface area contributed by atoms with Crippen LogP contribution in [0.1, 0.15) is 32.6 Å². The number of hydrogen-bond acceptors (Lipinski definition) is 4. The lowest BCUT2D eigenvalue weighted by atomic mass is 10.2. The van der Waals surface area contributed by atoms with E-state index in [4.69, 9.17) is 10.2 Å². The fourth-order valence-corrected chi connectivity index (χ4v) is 0.983. The van der Waals surface area contributed by atoms with Crippen molar-refractivity contribution in [2.75, 3.05) is 6.61 Å². The Labute approximate surface area is 94.7 Å². The summed E-state index contributed by atoms with van der Waals surface area (Å²) in [4.78, 5) is 21.2. The molecule has 0 aromatic rings. The highest BCUT2D eigenvalue weighted by molar-refractivity contribution is 5.80. The fraction of sp³-hybridized carbons (Fsp3) is 0.636. The second-order valence-corrected chi connectivity index (χ2v) is 3.36. The summed E-state index contributed by atoms with van der Waals surface area (Å²) in [6.07, 6.45) is 4.46. The van der Waals surface area contributed by atoms with E-state index >= 15 is 0 Å². The molecule has 0 fully saturated rings. The van der Waals surface area contributed by atoms with Crippen LogP contribution in [0, 0.1) is 0 Å². The molecule has 0 radical (unpaired) electrons. The van der Waals surface area contributed by atoms with Crippen molar-refractivity contribution in [1.82, 2.24) is 0 Å². The van der Waals surface area contributed by atoms with E-state index in [0.717, 1.165) is 19.3 Å². The number of carboxylic acid groups (broad SMARTS) is 1. The Morgan fingerprint density at radius 2 is 2.06 bits per heavy atom. The van der Waals surface area contributed by atoms with E-state index in [9.17, 15) is 9.59 Å². The van der Waals surface area contributed by atoms with Gasteiger partial charge in [0.1, 0.15) is 6.61 Å². The third-order valence-corrected chi connectivity index (χ3v) is 1.85. The third kappa shape index (κ3) is 7.99. The zero-order chi connectivity index (χ0) is 12.4. The topological polar surface area (TPSA) is 83.8 Å². The fourth-order valence-electron chi connectivity index (χ4n) is 0.983. The lowest BCUT2D eigenvalue weighted by Gasteiger charge is -2.06. The minimum Gasteiger partial charge on any atom is -0.481 e. The average molecular weight is 230 g/mol. The highest BCUT2D eigenvalue weighted by Crippen LogP contribution is 1.97. The van der Waals surface area contributed by atoms with Crippen molar-refractivity contribution >= 4 is 11.9 Å². The van der Waals surface area contributed by atoms with Crippen molar-refractivity contribution in [2.45, 2.75) is 38.7 Å². The molecule has 0 spiro atoms. The largest absolute Gasteiger partial charge is 0.481 e. The summed E-state index contributed by atoms with van der Waals surface area (Å²) in [6.45, 7) is 2.15. The van der Waals surface area contributed by atoms with Gasteiger partial charge in [-0.25, -0.2) is 4.79 Å². The van der Waals surface area contributed by atoms with E-state index in [1.807, 2.05) is 6.08 Å². The first-order valence-corrected chi connectivity index (χ1v) is 5.29. The highest BCUT2D eigenvalue weighted by atomic mass is 16.5. The predicted molar refractivity (Wildman–Crippen MR) is 57.9 cm³/mol. The van der Waals surface area contributed by atoms with Crippen LogP contribution in [0.2, 0.25) is 0 Å². The number of unbranched alkanes of at least 4 members (excludes halogenated alkanes) is 2. The normalized spacial score (nSPS) is 12.6. The van der Waals surface area contributed by atoms with Gasteiger partial charge in [-0.1, -0.05) is 31.9 Å². The standard InChI is InChI=1S/C11H18O5/c1-2-3-4-5-6-7-16-11(15)9(12)8-10(13)14/h5-6,9,12H,2-4,7-8H2,1H3,(H,13,14). The molecule has 2 N–H and O–H groups in total. The van der Waals surface area contributed by atoms with Crippen molar-refractivity contribution in [3.8, 4) is 0 Å². The van der Waals surface area contributed by atoms with Gasteiger partial charge in [0.05, 0.1) is 6.42 Å². The average Bonchev–Trinajstić information content (AvgIpc) is 2.21. The monoisotopic (exact) mass is 230 g/mol. The molecule has 0 aliphatic rings. The van der Waals surface area contributed by atoms with E-state index in [1.54, 1.807) is 6.08 Å². The Kier molecular flexibility index (Phi) is 8.15. The maximum absolute atomic E-state index is 11.0. The van der Waals surface area contributed by atoms with E-state index in [0.29, 0.717) is 0 Å². The van der Waals surface area contributed by atoms with Crippen LogP contribution in [0.25, 0.3) is 0 Å². The highest BCUT2D eigenvalue weighted by Gasteiger charge is 2.19. The van der Waals surface area contributed by atoms with E-state index in [2.05, 4.69) is 11.7 Å². The second-order valence-electron chi connectivity index (χ2n) is 3.36. The van der Waals surface area contributed by atoms with Crippen LogP contribution in [0.4, 0.5) is 0 Å². The van der Waals surface area contributed by atoms with Gasteiger partial charge in [-0.2, -0.15) is 0 Å². The SMILES string of the molecule is CCCCC=CCOC(=O)C(O)CC(=O)O. The van der Waals surface area contributed by atoms with Gasteiger partial charge in [0.2, 0.25) is 0 Å². The molecule has 5 heteroatoms. The van der Waals surface area contributed by atoms with Crippen LogP contribution >= 0.6 is 0 Å². The van der Waals surface area contributed by atoms with E-state index < -0.39 is 24.5 Å². The molecule has 0 saturated heterocycles. The van der Waals surface area contributed by atoms with Crippen molar-refractivity contribution in [1.29, 1.82) is 0 Å². The number of aliphatic hydroxyl groups excluding tert-OH is 1. The summed E-state index contributed by atoms with van der Waals surface area (Å²) in [5.41, 5.74) is 0. The molecular formula is C11H18O5. The minimum absolute atomic E-state index is 0.0687. The first-order chi connectivity index (χ1) is 7.57. The number of carbonyl (C=O) groups excluding carboxylic acids is 1. The molecule has 5 nitrogen and oxygen atoms in total. The minimum atomic E-state index is -1.58. The molecule has 0 rings (SSSR count). The maximum atomic E-state index is 11.0. The quantitative estimate of drug-likeness (QED) is 0.371.